The Morgan fingerprint density at radius 2 is 2.04 bits per heavy atom. The van der Waals surface area contributed by atoms with Gasteiger partial charge in [-0.15, -0.1) is 0 Å². The molecule has 1 aliphatic heterocycles. The number of hydrogen-bond donors (Lipinski definition) is 2. The molecule has 2 aliphatic rings. The van der Waals surface area contributed by atoms with Crippen molar-refractivity contribution in [2.24, 2.45) is 5.92 Å². The predicted octanol–water partition coefficient (Wildman–Crippen LogP) is 3.01. The Bertz CT molecular complexity index is 637. The maximum absolute atomic E-state index is 13.0. The summed E-state index contributed by atoms with van der Waals surface area (Å²) in [5.41, 5.74) is 5.16. The van der Waals surface area contributed by atoms with Gasteiger partial charge in [-0.3, -0.25) is 9.59 Å². The van der Waals surface area contributed by atoms with Crippen molar-refractivity contribution in [3.63, 3.8) is 0 Å². The molecule has 2 N–H and O–H groups in total. The Labute approximate surface area is 138 Å². The van der Waals surface area contributed by atoms with E-state index < -0.39 is 0 Å². The number of fused-ring (bicyclic) bond motifs is 3. The number of rotatable bonds is 5. The highest BCUT2D eigenvalue weighted by Crippen LogP contribution is 2.36. The molecule has 0 aromatic heterocycles. The van der Waals surface area contributed by atoms with Crippen LogP contribution in [0.1, 0.15) is 59.7 Å². The molecule has 0 saturated carbocycles. The zero-order chi connectivity index (χ0) is 16.4. The molecular weight excluding hydrogens is 288 g/mol. The molecule has 124 valence electrons. The number of hydrogen-bond acceptors (Lipinski definition) is 3. The fourth-order valence-electron chi connectivity index (χ4n) is 3.77. The van der Waals surface area contributed by atoms with Gasteiger partial charge in [-0.1, -0.05) is 13.3 Å². The van der Waals surface area contributed by atoms with Gasteiger partial charge in [-0.2, -0.15) is 0 Å². The molecule has 1 heterocycles. The second-order valence-electron chi connectivity index (χ2n) is 6.78. The number of benzene rings is 1. The summed E-state index contributed by atoms with van der Waals surface area (Å²) in [7, 11) is 0. The largest absolute Gasteiger partial charge is 0.326 e. The van der Waals surface area contributed by atoms with Gasteiger partial charge in [0.25, 0.3) is 0 Å². The predicted molar refractivity (Wildman–Crippen MR) is 92.0 cm³/mol. The van der Waals surface area contributed by atoms with Gasteiger partial charge < -0.3 is 10.6 Å². The average molecular weight is 314 g/mol. The Kier molecular flexibility index (Phi) is 4.81. The minimum absolute atomic E-state index is 0.0536. The maximum atomic E-state index is 13.0. The highest BCUT2D eigenvalue weighted by atomic mass is 16.1. The van der Waals surface area contributed by atoms with Crippen LogP contribution < -0.4 is 10.6 Å². The Balaban J connectivity index is 1.86. The third-order valence-corrected chi connectivity index (χ3v) is 5.10. The summed E-state index contributed by atoms with van der Waals surface area (Å²) < 4.78 is 0. The Hall–Kier alpha value is -1.68. The molecule has 23 heavy (non-hydrogen) atoms. The van der Waals surface area contributed by atoms with Gasteiger partial charge >= 0.3 is 0 Å². The lowest BCUT2D eigenvalue weighted by molar-refractivity contribution is -0.116. The van der Waals surface area contributed by atoms with Crippen LogP contribution in [0.2, 0.25) is 0 Å². The summed E-state index contributed by atoms with van der Waals surface area (Å²) in [6.45, 7) is 5.97. The molecule has 0 fully saturated rings. The molecule has 4 heteroatoms. The Morgan fingerprint density at radius 3 is 2.83 bits per heavy atom. The molecule has 1 unspecified atom stereocenters. The van der Waals surface area contributed by atoms with Crippen LogP contribution in [0.4, 0.5) is 5.69 Å². The third kappa shape index (κ3) is 3.18. The second kappa shape index (κ2) is 6.83. The molecule has 3 rings (SSSR count). The van der Waals surface area contributed by atoms with Crippen LogP contribution in [0.25, 0.3) is 0 Å². The van der Waals surface area contributed by atoms with E-state index in [9.17, 15) is 9.59 Å². The number of nitrogens with one attached hydrogen (secondary N) is 2. The van der Waals surface area contributed by atoms with Crippen molar-refractivity contribution in [3.8, 4) is 0 Å². The van der Waals surface area contributed by atoms with Gasteiger partial charge in [0, 0.05) is 30.1 Å². The van der Waals surface area contributed by atoms with Crippen LogP contribution in [0.5, 0.6) is 0 Å². The van der Waals surface area contributed by atoms with Gasteiger partial charge in [0.1, 0.15) is 0 Å². The molecule has 0 radical (unpaired) electrons. The van der Waals surface area contributed by atoms with Crippen LogP contribution in [0, 0.1) is 12.8 Å². The Morgan fingerprint density at radius 1 is 1.22 bits per heavy atom. The van der Waals surface area contributed by atoms with Crippen LogP contribution in [0.15, 0.2) is 6.07 Å². The van der Waals surface area contributed by atoms with Gasteiger partial charge in [0.15, 0.2) is 5.78 Å². The second-order valence-corrected chi connectivity index (χ2v) is 6.78. The summed E-state index contributed by atoms with van der Waals surface area (Å²) in [5, 5.41) is 6.37. The minimum atomic E-state index is 0.0536. The number of Topliss-reactive ketones (excluding diaryl/α,β-unsaturated/α-hetero) is 1. The van der Waals surface area contributed by atoms with Gasteiger partial charge in [0.2, 0.25) is 5.91 Å². The van der Waals surface area contributed by atoms with Crippen molar-refractivity contribution in [2.45, 2.75) is 52.4 Å². The molecule has 4 nitrogen and oxygen atoms in total. The SMILES string of the molecule is CCCCNCC1CCc2c(C)cc3c(c2C1=O)CCC(=O)N3. The summed E-state index contributed by atoms with van der Waals surface area (Å²) in [5.74, 6) is 0.395. The van der Waals surface area contributed by atoms with Crippen LogP contribution >= 0.6 is 0 Å². The molecule has 0 bridgehead atoms. The molecule has 1 aliphatic carbocycles. The van der Waals surface area contributed by atoms with Gasteiger partial charge in [-0.25, -0.2) is 0 Å². The third-order valence-electron chi connectivity index (χ3n) is 5.10. The number of aryl methyl sites for hydroxylation is 1. The fraction of sp³-hybridized carbons (Fsp3) is 0.579. The standard InChI is InChI=1S/C19H26N2O2/c1-3-4-9-20-11-13-5-6-14-12(2)10-16-15(18(14)19(13)23)7-8-17(22)21-16/h10,13,20H,3-9,11H2,1-2H3,(H,21,22). The normalized spacial score (nSPS) is 20.0. The maximum Gasteiger partial charge on any atom is 0.224 e. The molecule has 1 aromatic carbocycles. The summed E-state index contributed by atoms with van der Waals surface area (Å²) >= 11 is 0. The first-order valence-corrected chi connectivity index (χ1v) is 8.82. The highest BCUT2D eigenvalue weighted by molar-refractivity contribution is 6.05. The van der Waals surface area contributed by atoms with Crippen molar-refractivity contribution in [1.29, 1.82) is 0 Å². The van der Waals surface area contributed by atoms with E-state index in [0.29, 0.717) is 12.8 Å². The van der Waals surface area contributed by atoms with Gasteiger partial charge in [-0.05, 0) is 61.9 Å². The quantitative estimate of drug-likeness (QED) is 0.821. The topological polar surface area (TPSA) is 58.2 Å². The highest BCUT2D eigenvalue weighted by Gasteiger charge is 2.33. The zero-order valence-electron chi connectivity index (χ0n) is 14.1. The molecule has 0 saturated heterocycles. The zero-order valence-corrected chi connectivity index (χ0v) is 14.1. The minimum Gasteiger partial charge on any atom is -0.326 e. The number of carbonyl (C=O) groups excluding carboxylic acids is 2. The van der Waals surface area contributed by atoms with Crippen molar-refractivity contribution >= 4 is 17.4 Å². The molecule has 1 amide bonds. The average Bonchev–Trinajstić information content (AvgIpc) is 2.53. The van der Waals surface area contributed by atoms with E-state index in [1.807, 2.05) is 13.0 Å². The number of ketones is 1. The first-order valence-electron chi connectivity index (χ1n) is 8.82. The molecule has 1 atom stereocenters. The van der Waals surface area contributed by atoms with E-state index in [1.165, 1.54) is 12.0 Å². The fourth-order valence-corrected chi connectivity index (χ4v) is 3.77. The van der Waals surface area contributed by atoms with Crippen molar-refractivity contribution < 1.29 is 9.59 Å². The van der Waals surface area contributed by atoms with Crippen LogP contribution in [0.3, 0.4) is 0 Å². The summed E-state index contributed by atoms with van der Waals surface area (Å²) in [6, 6.07) is 2.04. The van der Waals surface area contributed by atoms with E-state index in [-0.39, 0.29) is 17.6 Å². The van der Waals surface area contributed by atoms with E-state index >= 15 is 0 Å². The van der Waals surface area contributed by atoms with Crippen LogP contribution in [-0.2, 0) is 17.6 Å². The lowest BCUT2D eigenvalue weighted by atomic mass is 9.77. The summed E-state index contributed by atoms with van der Waals surface area (Å²) in [6.07, 6.45) is 5.38. The van der Waals surface area contributed by atoms with Crippen molar-refractivity contribution in [1.82, 2.24) is 5.32 Å². The van der Waals surface area contributed by atoms with E-state index in [1.54, 1.807) is 0 Å². The van der Waals surface area contributed by atoms with E-state index in [4.69, 9.17) is 0 Å². The first kappa shape index (κ1) is 16.2. The van der Waals surface area contributed by atoms with Crippen molar-refractivity contribution in [3.05, 3.63) is 28.3 Å². The lowest BCUT2D eigenvalue weighted by Gasteiger charge is -2.30. The number of amides is 1. The van der Waals surface area contributed by atoms with E-state index in [2.05, 4.69) is 17.6 Å². The van der Waals surface area contributed by atoms with E-state index in [0.717, 1.165) is 54.7 Å². The molecule has 0 spiro atoms. The van der Waals surface area contributed by atoms with Crippen molar-refractivity contribution in [2.75, 3.05) is 18.4 Å². The van der Waals surface area contributed by atoms with Gasteiger partial charge in [0.05, 0.1) is 0 Å². The number of anilines is 1. The van der Waals surface area contributed by atoms with Crippen LogP contribution in [-0.4, -0.2) is 24.8 Å². The molecular formula is C19H26N2O2. The number of unbranched alkanes of at least 4 members (excludes halogenated alkanes) is 1. The lowest BCUT2D eigenvalue weighted by Crippen LogP contribution is -2.34. The number of carbonyl (C=O) groups is 2. The monoisotopic (exact) mass is 314 g/mol. The smallest absolute Gasteiger partial charge is 0.224 e. The first-order chi connectivity index (χ1) is 11.1. The summed E-state index contributed by atoms with van der Waals surface area (Å²) in [4.78, 5) is 24.7. The molecule has 1 aromatic rings.